The molecular weight excluding hydrogens is 436 g/mol. The van der Waals surface area contributed by atoms with Crippen molar-refractivity contribution in [1.82, 2.24) is 19.8 Å². The number of fused-ring (bicyclic) bond motifs is 1. The molecule has 33 heavy (non-hydrogen) atoms. The molecule has 0 aliphatic rings. The zero-order valence-corrected chi connectivity index (χ0v) is 18.4. The highest BCUT2D eigenvalue weighted by Gasteiger charge is 2.08. The lowest BCUT2D eigenvalue weighted by molar-refractivity contribution is 0.306. The van der Waals surface area contributed by atoms with Crippen LogP contribution in [0.15, 0.2) is 91.0 Å². The largest absolute Gasteiger partial charge is 0.489 e. The van der Waals surface area contributed by atoms with Crippen molar-refractivity contribution in [3.63, 3.8) is 0 Å². The molecule has 0 saturated carbocycles. The number of benzene rings is 3. The van der Waals surface area contributed by atoms with E-state index < -0.39 is 0 Å². The smallest absolute Gasteiger partial charge is 0.178 e. The van der Waals surface area contributed by atoms with E-state index in [0.717, 1.165) is 22.7 Å². The molecule has 0 unspecified atom stereocenters. The number of aromatic nitrogens is 4. The molecule has 0 bridgehead atoms. The lowest BCUT2D eigenvalue weighted by Gasteiger charge is -2.10. The van der Waals surface area contributed by atoms with Gasteiger partial charge in [0.15, 0.2) is 17.3 Å². The summed E-state index contributed by atoms with van der Waals surface area (Å²) in [7, 11) is 0. The van der Waals surface area contributed by atoms with E-state index in [0.29, 0.717) is 35.5 Å². The van der Waals surface area contributed by atoms with Gasteiger partial charge in [0.05, 0.1) is 6.54 Å². The third kappa shape index (κ3) is 5.22. The van der Waals surface area contributed by atoms with E-state index in [1.54, 1.807) is 4.52 Å². The fraction of sp³-hybridized carbons (Fsp3) is 0.0800. The molecular formula is C25H21ClN6O. The molecule has 2 heterocycles. The molecule has 0 fully saturated rings. The van der Waals surface area contributed by atoms with Gasteiger partial charge in [-0.2, -0.15) is 4.52 Å². The van der Waals surface area contributed by atoms with Crippen molar-refractivity contribution >= 4 is 34.4 Å². The summed E-state index contributed by atoms with van der Waals surface area (Å²) >= 11 is 6.07. The van der Waals surface area contributed by atoms with Crippen LogP contribution in [0.1, 0.15) is 11.4 Å². The summed E-state index contributed by atoms with van der Waals surface area (Å²) in [5.41, 5.74) is 3.57. The molecule has 3 aromatic carbocycles. The number of nitrogens with one attached hydrogen (secondary N) is 2. The normalized spacial score (nSPS) is 10.8. The molecule has 0 spiro atoms. The van der Waals surface area contributed by atoms with Crippen molar-refractivity contribution < 1.29 is 4.74 Å². The topological polar surface area (TPSA) is 76.4 Å². The Morgan fingerprint density at radius 3 is 2.55 bits per heavy atom. The summed E-state index contributed by atoms with van der Waals surface area (Å²) < 4.78 is 7.64. The lowest BCUT2D eigenvalue weighted by Crippen LogP contribution is -2.07. The van der Waals surface area contributed by atoms with E-state index in [1.165, 1.54) is 0 Å². The minimum atomic E-state index is 0.455. The van der Waals surface area contributed by atoms with Gasteiger partial charge in [-0.3, -0.25) is 0 Å². The van der Waals surface area contributed by atoms with E-state index in [2.05, 4.69) is 25.9 Å². The van der Waals surface area contributed by atoms with Crippen molar-refractivity contribution in [2.75, 3.05) is 10.6 Å². The number of hydrogen-bond acceptors (Lipinski definition) is 6. The fourth-order valence-electron chi connectivity index (χ4n) is 3.34. The van der Waals surface area contributed by atoms with Crippen LogP contribution in [-0.2, 0) is 13.2 Å². The summed E-state index contributed by atoms with van der Waals surface area (Å²) in [5.74, 6) is 2.15. The van der Waals surface area contributed by atoms with Crippen LogP contribution in [0.4, 0.5) is 17.2 Å². The minimum Gasteiger partial charge on any atom is -0.489 e. The predicted octanol–water partition coefficient (Wildman–Crippen LogP) is 5.71. The molecule has 0 saturated heterocycles. The number of ether oxygens (including phenoxy) is 1. The van der Waals surface area contributed by atoms with Crippen molar-refractivity contribution in [3.05, 3.63) is 107 Å². The molecule has 0 amide bonds. The standard InChI is InChI=1S/C25H21ClN6O/c26-19-8-4-10-21(14-19)28-23-12-13-24-29-30-25(32(24)31-23)16-27-20-9-5-11-22(15-20)33-17-18-6-2-1-3-7-18/h1-15,27H,16-17H2,(H,28,31). The quantitative estimate of drug-likeness (QED) is 0.311. The minimum absolute atomic E-state index is 0.455. The maximum atomic E-state index is 6.07. The van der Waals surface area contributed by atoms with Crippen LogP contribution in [0.5, 0.6) is 5.75 Å². The van der Waals surface area contributed by atoms with Crippen molar-refractivity contribution in [3.8, 4) is 5.75 Å². The predicted molar refractivity (Wildman–Crippen MR) is 130 cm³/mol. The number of rotatable bonds is 8. The van der Waals surface area contributed by atoms with Gasteiger partial charge in [0.1, 0.15) is 12.4 Å². The molecule has 2 aromatic heterocycles. The number of hydrogen-bond donors (Lipinski definition) is 2. The monoisotopic (exact) mass is 456 g/mol. The highest BCUT2D eigenvalue weighted by atomic mass is 35.5. The molecule has 0 aliphatic carbocycles. The van der Waals surface area contributed by atoms with Gasteiger partial charge in [-0.05, 0) is 48.0 Å². The summed E-state index contributed by atoms with van der Waals surface area (Å²) in [6.45, 7) is 0.975. The second-order valence-electron chi connectivity index (χ2n) is 7.40. The van der Waals surface area contributed by atoms with Crippen LogP contribution in [0.25, 0.3) is 5.65 Å². The molecule has 0 aliphatic heterocycles. The van der Waals surface area contributed by atoms with Crippen LogP contribution >= 0.6 is 11.6 Å². The van der Waals surface area contributed by atoms with E-state index >= 15 is 0 Å². The van der Waals surface area contributed by atoms with Crippen LogP contribution in [0.3, 0.4) is 0 Å². The zero-order chi connectivity index (χ0) is 22.5. The first kappa shape index (κ1) is 20.8. The number of nitrogens with zero attached hydrogens (tertiary/aromatic N) is 4. The summed E-state index contributed by atoms with van der Waals surface area (Å²) in [5, 5.41) is 20.4. The maximum absolute atomic E-state index is 6.07. The van der Waals surface area contributed by atoms with Gasteiger partial charge in [0.2, 0.25) is 0 Å². The van der Waals surface area contributed by atoms with Gasteiger partial charge in [-0.1, -0.05) is 54.1 Å². The van der Waals surface area contributed by atoms with Crippen molar-refractivity contribution in [2.24, 2.45) is 0 Å². The van der Waals surface area contributed by atoms with E-state index in [4.69, 9.17) is 16.3 Å². The van der Waals surface area contributed by atoms with E-state index in [9.17, 15) is 0 Å². The Labute approximate surface area is 196 Å². The molecule has 8 heteroatoms. The van der Waals surface area contributed by atoms with Gasteiger partial charge in [-0.15, -0.1) is 15.3 Å². The Morgan fingerprint density at radius 1 is 0.818 bits per heavy atom. The van der Waals surface area contributed by atoms with E-state index in [-0.39, 0.29) is 0 Å². The van der Waals surface area contributed by atoms with Crippen LogP contribution in [-0.4, -0.2) is 19.8 Å². The first-order chi connectivity index (χ1) is 16.2. The van der Waals surface area contributed by atoms with Crippen molar-refractivity contribution in [1.29, 1.82) is 0 Å². The zero-order valence-electron chi connectivity index (χ0n) is 17.6. The average molecular weight is 457 g/mol. The summed E-state index contributed by atoms with van der Waals surface area (Å²) in [6.07, 6.45) is 0. The van der Waals surface area contributed by atoms with Crippen molar-refractivity contribution in [2.45, 2.75) is 13.2 Å². The Bertz CT molecular complexity index is 1370. The van der Waals surface area contributed by atoms with Crippen LogP contribution in [0, 0.1) is 0 Å². The fourth-order valence-corrected chi connectivity index (χ4v) is 3.53. The molecule has 5 aromatic rings. The van der Waals surface area contributed by atoms with Gasteiger partial charge < -0.3 is 15.4 Å². The van der Waals surface area contributed by atoms with Crippen LogP contribution < -0.4 is 15.4 Å². The Morgan fingerprint density at radius 2 is 1.67 bits per heavy atom. The van der Waals surface area contributed by atoms with Gasteiger partial charge in [0.25, 0.3) is 0 Å². The third-order valence-corrected chi connectivity index (χ3v) is 5.19. The Hall–Kier alpha value is -4.10. The van der Waals surface area contributed by atoms with Gasteiger partial charge in [0, 0.05) is 22.5 Å². The molecule has 5 rings (SSSR count). The average Bonchev–Trinajstić information content (AvgIpc) is 3.25. The molecule has 164 valence electrons. The second kappa shape index (κ2) is 9.58. The number of halogens is 1. The highest BCUT2D eigenvalue weighted by molar-refractivity contribution is 6.30. The summed E-state index contributed by atoms with van der Waals surface area (Å²) in [4.78, 5) is 0. The van der Waals surface area contributed by atoms with Crippen LogP contribution in [0.2, 0.25) is 5.02 Å². The number of anilines is 3. The SMILES string of the molecule is Clc1cccc(Nc2ccc3nnc(CNc4cccc(OCc5ccccc5)c4)n3n2)c1. The lowest BCUT2D eigenvalue weighted by atomic mass is 10.2. The first-order valence-corrected chi connectivity index (χ1v) is 10.9. The summed E-state index contributed by atoms with van der Waals surface area (Å²) in [6, 6.07) is 29.1. The molecule has 7 nitrogen and oxygen atoms in total. The third-order valence-electron chi connectivity index (χ3n) is 4.96. The van der Waals surface area contributed by atoms with E-state index in [1.807, 2.05) is 91.0 Å². The molecule has 0 radical (unpaired) electrons. The first-order valence-electron chi connectivity index (χ1n) is 10.5. The van der Waals surface area contributed by atoms with Gasteiger partial charge in [-0.25, -0.2) is 0 Å². The Balaban J connectivity index is 1.26. The van der Waals surface area contributed by atoms with Gasteiger partial charge >= 0.3 is 0 Å². The molecule has 0 atom stereocenters. The Kier molecular flexibility index (Phi) is 6.04. The maximum Gasteiger partial charge on any atom is 0.178 e. The molecule has 2 N–H and O–H groups in total. The second-order valence-corrected chi connectivity index (χ2v) is 7.83. The highest BCUT2D eigenvalue weighted by Crippen LogP contribution is 2.21.